The Morgan fingerprint density at radius 3 is 1.42 bits per heavy atom. The summed E-state index contributed by atoms with van der Waals surface area (Å²) in [6.45, 7) is 11.9. The van der Waals surface area contributed by atoms with Crippen LogP contribution in [0.4, 0.5) is 0 Å². The van der Waals surface area contributed by atoms with Crippen LogP contribution in [-0.2, 0) is 19.1 Å². The molecule has 0 aromatic heterocycles. The van der Waals surface area contributed by atoms with Crippen molar-refractivity contribution in [1.82, 2.24) is 0 Å². The van der Waals surface area contributed by atoms with Crippen molar-refractivity contribution in [3.8, 4) is 0 Å². The zero-order valence-corrected chi connectivity index (χ0v) is 19.8. The summed E-state index contributed by atoms with van der Waals surface area (Å²) in [7, 11) is 0. The van der Waals surface area contributed by atoms with Crippen LogP contribution in [0.15, 0.2) is 37.5 Å². The Morgan fingerprint density at radius 2 is 0.968 bits per heavy atom. The van der Waals surface area contributed by atoms with Gasteiger partial charge >= 0.3 is 11.9 Å². The number of unbranched alkanes of at least 4 members (excludes halogenated alkanes) is 14. The van der Waals surface area contributed by atoms with Crippen LogP contribution in [0.2, 0.25) is 0 Å². The quantitative estimate of drug-likeness (QED) is 0.0717. The predicted molar refractivity (Wildman–Crippen MR) is 130 cm³/mol. The lowest BCUT2D eigenvalue weighted by Gasteiger charge is -2.08. The number of hydrogen-bond donors (Lipinski definition) is 0. The SMILES string of the molecule is C=CCCCCCCCCCOC(=O)CC(=C)C(=O)OCCCCCCCCCC=C. The highest BCUT2D eigenvalue weighted by atomic mass is 16.5. The first-order valence-corrected chi connectivity index (χ1v) is 12.3. The number of ether oxygens (including phenoxy) is 2. The number of carbonyl (C=O) groups is 2. The lowest BCUT2D eigenvalue weighted by molar-refractivity contribution is -0.146. The lowest BCUT2D eigenvalue weighted by Crippen LogP contribution is -2.14. The minimum atomic E-state index is -0.488. The topological polar surface area (TPSA) is 52.6 Å². The summed E-state index contributed by atoms with van der Waals surface area (Å²) in [5.74, 6) is -0.888. The molecular formula is C27H46O4. The van der Waals surface area contributed by atoms with Crippen LogP contribution in [0, 0.1) is 0 Å². The summed E-state index contributed by atoms with van der Waals surface area (Å²) in [5.41, 5.74) is 0.173. The third kappa shape index (κ3) is 21.2. The number of rotatable bonds is 23. The van der Waals surface area contributed by atoms with Gasteiger partial charge in [-0.2, -0.15) is 0 Å². The maximum atomic E-state index is 11.9. The second-order valence-corrected chi connectivity index (χ2v) is 8.24. The fourth-order valence-corrected chi connectivity index (χ4v) is 3.30. The van der Waals surface area contributed by atoms with Gasteiger partial charge < -0.3 is 9.47 Å². The van der Waals surface area contributed by atoms with Gasteiger partial charge in [0, 0.05) is 5.57 Å². The molecule has 0 fully saturated rings. The summed E-state index contributed by atoms with van der Waals surface area (Å²) >= 11 is 0. The third-order valence-electron chi connectivity index (χ3n) is 5.25. The Morgan fingerprint density at radius 1 is 0.581 bits per heavy atom. The Kier molecular flexibility index (Phi) is 21.5. The molecule has 0 atom stereocenters. The average Bonchev–Trinajstić information content (AvgIpc) is 2.76. The molecule has 0 rings (SSSR count). The molecule has 0 aromatic rings. The zero-order valence-electron chi connectivity index (χ0n) is 19.8. The summed E-state index contributed by atoms with van der Waals surface area (Å²) in [5, 5.41) is 0. The molecule has 4 nitrogen and oxygen atoms in total. The Hall–Kier alpha value is -1.84. The van der Waals surface area contributed by atoms with E-state index in [0.717, 1.165) is 44.9 Å². The molecule has 0 aliphatic heterocycles. The molecule has 0 aliphatic rings. The van der Waals surface area contributed by atoms with Gasteiger partial charge in [0.2, 0.25) is 0 Å². The van der Waals surface area contributed by atoms with Crippen molar-refractivity contribution < 1.29 is 19.1 Å². The fraction of sp³-hybridized carbons (Fsp3) is 0.704. The van der Waals surface area contributed by atoms with Crippen LogP contribution in [0.1, 0.15) is 109 Å². The number of hydrogen-bond acceptors (Lipinski definition) is 4. The van der Waals surface area contributed by atoms with E-state index >= 15 is 0 Å². The maximum Gasteiger partial charge on any atom is 0.333 e. The second kappa shape index (κ2) is 22.8. The summed E-state index contributed by atoms with van der Waals surface area (Å²) in [6.07, 6.45) is 22.1. The van der Waals surface area contributed by atoms with Crippen LogP contribution in [-0.4, -0.2) is 25.2 Å². The van der Waals surface area contributed by atoms with Crippen molar-refractivity contribution in [1.29, 1.82) is 0 Å². The van der Waals surface area contributed by atoms with E-state index in [1.807, 2.05) is 12.2 Å². The minimum absolute atomic E-state index is 0.0904. The van der Waals surface area contributed by atoms with Crippen LogP contribution >= 0.6 is 0 Å². The van der Waals surface area contributed by atoms with Gasteiger partial charge in [0.25, 0.3) is 0 Å². The van der Waals surface area contributed by atoms with E-state index in [1.165, 1.54) is 57.8 Å². The van der Waals surface area contributed by atoms with Crippen molar-refractivity contribution >= 4 is 11.9 Å². The smallest absolute Gasteiger partial charge is 0.333 e. The largest absolute Gasteiger partial charge is 0.465 e. The molecule has 0 N–H and O–H groups in total. The first-order valence-electron chi connectivity index (χ1n) is 12.3. The third-order valence-corrected chi connectivity index (χ3v) is 5.25. The van der Waals surface area contributed by atoms with Gasteiger partial charge in [0.1, 0.15) is 0 Å². The van der Waals surface area contributed by atoms with Crippen molar-refractivity contribution in [2.75, 3.05) is 13.2 Å². The highest BCUT2D eigenvalue weighted by Crippen LogP contribution is 2.11. The van der Waals surface area contributed by atoms with Crippen LogP contribution in [0.3, 0.4) is 0 Å². The predicted octanol–water partition coefficient (Wildman–Crippen LogP) is 7.63. The molecule has 0 unspecified atom stereocenters. The first kappa shape index (κ1) is 29.2. The molecule has 0 heterocycles. The highest BCUT2D eigenvalue weighted by Gasteiger charge is 2.14. The Balaban J connectivity index is 3.51. The van der Waals surface area contributed by atoms with Crippen molar-refractivity contribution in [3.63, 3.8) is 0 Å². The molecule has 0 saturated carbocycles. The first-order chi connectivity index (χ1) is 15.1. The molecule has 0 bridgehead atoms. The molecule has 0 aliphatic carbocycles. The van der Waals surface area contributed by atoms with E-state index in [4.69, 9.17) is 9.47 Å². The van der Waals surface area contributed by atoms with Gasteiger partial charge in [-0.3, -0.25) is 4.79 Å². The molecule has 0 spiro atoms. The van der Waals surface area contributed by atoms with E-state index in [1.54, 1.807) is 0 Å². The highest BCUT2D eigenvalue weighted by molar-refractivity contribution is 5.93. The summed E-state index contributed by atoms with van der Waals surface area (Å²) in [6, 6.07) is 0. The van der Waals surface area contributed by atoms with Gasteiger partial charge in [-0.1, -0.05) is 82.9 Å². The number of allylic oxidation sites excluding steroid dienone is 2. The van der Waals surface area contributed by atoms with Crippen molar-refractivity contribution in [2.45, 2.75) is 109 Å². The molecule has 178 valence electrons. The molecule has 0 aromatic carbocycles. The van der Waals surface area contributed by atoms with E-state index in [2.05, 4.69) is 19.7 Å². The zero-order chi connectivity index (χ0) is 23.0. The molecule has 0 saturated heterocycles. The van der Waals surface area contributed by atoms with Crippen LogP contribution in [0.5, 0.6) is 0 Å². The standard InChI is InChI=1S/C27H46O4/c1-4-6-8-10-12-14-16-18-20-22-30-26(28)24-25(3)27(29)31-23-21-19-17-15-13-11-9-7-5-2/h4-5H,1-3,6-24H2. The van der Waals surface area contributed by atoms with Crippen molar-refractivity contribution in [3.05, 3.63) is 37.5 Å². The van der Waals surface area contributed by atoms with E-state index < -0.39 is 11.9 Å². The van der Waals surface area contributed by atoms with Crippen LogP contribution < -0.4 is 0 Å². The Labute approximate surface area is 191 Å². The van der Waals surface area contributed by atoms with Gasteiger partial charge in [-0.15, -0.1) is 13.2 Å². The van der Waals surface area contributed by atoms with Gasteiger partial charge in [-0.05, 0) is 38.5 Å². The number of carbonyl (C=O) groups excluding carboxylic acids is 2. The fourth-order valence-electron chi connectivity index (χ4n) is 3.30. The second-order valence-electron chi connectivity index (χ2n) is 8.24. The van der Waals surface area contributed by atoms with Gasteiger partial charge in [-0.25, -0.2) is 4.79 Å². The van der Waals surface area contributed by atoms with Gasteiger partial charge in [0.15, 0.2) is 0 Å². The maximum absolute atomic E-state index is 11.9. The summed E-state index contributed by atoms with van der Waals surface area (Å²) < 4.78 is 10.4. The van der Waals surface area contributed by atoms with E-state index in [0.29, 0.717) is 13.2 Å². The molecule has 0 amide bonds. The number of esters is 2. The van der Waals surface area contributed by atoms with Crippen molar-refractivity contribution in [2.24, 2.45) is 0 Å². The molecule has 4 heteroatoms. The lowest BCUT2D eigenvalue weighted by atomic mass is 10.1. The molecular weight excluding hydrogens is 388 g/mol. The minimum Gasteiger partial charge on any atom is -0.465 e. The molecule has 31 heavy (non-hydrogen) atoms. The summed E-state index contributed by atoms with van der Waals surface area (Å²) in [4.78, 5) is 23.7. The average molecular weight is 435 g/mol. The van der Waals surface area contributed by atoms with Gasteiger partial charge in [0.05, 0.1) is 19.6 Å². The van der Waals surface area contributed by atoms with E-state index in [-0.39, 0.29) is 12.0 Å². The van der Waals surface area contributed by atoms with E-state index in [9.17, 15) is 9.59 Å². The monoisotopic (exact) mass is 434 g/mol. The van der Waals surface area contributed by atoms with Crippen LogP contribution in [0.25, 0.3) is 0 Å². The molecule has 0 radical (unpaired) electrons. The Bertz CT molecular complexity index is 495. The normalized spacial score (nSPS) is 10.5.